The van der Waals surface area contributed by atoms with E-state index in [1.54, 1.807) is 0 Å². The van der Waals surface area contributed by atoms with Crippen LogP contribution in [0.25, 0.3) is 55.3 Å². The Hall–Kier alpha value is -9.30. The van der Waals surface area contributed by atoms with Gasteiger partial charge in [-0.15, -0.1) is 0 Å². The second-order valence-corrected chi connectivity index (χ2v) is 19.5. The first-order chi connectivity index (χ1) is 36.2. The van der Waals surface area contributed by atoms with Crippen molar-refractivity contribution in [1.82, 2.24) is 0 Å². The Morgan fingerprint density at radius 2 is 0.685 bits per heavy atom. The van der Waals surface area contributed by atoms with Crippen LogP contribution in [0.5, 0.6) is 0 Å². The van der Waals surface area contributed by atoms with Gasteiger partial charge in [0.1, 0.15) is 0 Å². The van der Waals surface area contributed by atoms with Gasteiger partial charge in [0, 0.05) is 16.9 Å². The van der Waals surface area contributed by atoms with Gasteiger partial charge >= 0.3 is 0 Å². The molecule has 0 saturated carbocycles. The molecule has 0 bridgehead atoms. The fourth-order valence-electron chi connectivity index (χ4n) is 12.7. The minimum Gasteiger partial charge on any atom is -0.310 e. The second-order valence-electron chi connectivity index (χ2n) is 19.5. The zero-order valence-electron chi connectivity index (χ0n) is 40.2. The summed E-state index contributed by atoms with van der Waals surface area (Å²) in [5.41, 5.74) is 22.3. The van der Waals surface area contributed by atoms with E-state index in [9.17, 15) is 0 Å². The molecule has 0 radical (unpaired) electrons. The molecule has 1 heteroatoms. The van der Waals surface area contributed by atoms with Crippen molar-refractivity contribution in [2.75, 3.05) is 4.90 Å². The Balaban J connectivity index is 0.964. The van der Waals surface area contributed by atoms with Crippen LogP contribution in [0.3, 0.4) is 0 Å². The van der Waals surface area contributed by atoms with Crippen LogP contribution in [-0.4, -0.2) is 0 Å². The number of hydrogen-bond donors (Lipinski definition) is 0. The van der Waals surface area contributed by atoms with Crippen molar-refractivity contribution in [2.45, 2.75) is 10.8 Å². The van der Waals surface area contributed by atoms with Gasteiger partial charge in [-0.3, -0.25) is 0 Å². The molecule has 73 heavy (non-hydrogen) atoms. The molecule has 0 fully saturated rings. The lowest BCUT2D eigenvalue weighted by Gasteiger charge is -2.34. The molecule has 0 atom stereocenters. The lowest BCUT2D eigenvalue weighted by molar-refractivity contribution is 0.768. The summed E-state index contributed by atoms with van der Waals surface area (Å²) in [4.78, 5) is 2.49. The summed E-state index contributed by atoms with van der Waals surface area (Å²) >= 11 is 0. The van der Waals surface area contributed by atoms with E-state index in [4.69, 9.17) is 0 Å². The summed E-state index contributed by atoms with van der Waals surface area (Å²) in [5, 5.41) is 2.47. The molecule has 0 unspecified atom stereocenters. The third-order valence-corrected chi connectivity index (χ3v) is 15.8. The molecule has 0 spiro atoms. The second kappa shape index (κ2) is 17.2. The van der Waals surface area contributed by atoms with E-state index in [-0.39, 0.29) is 0 Å². The summed E-state index contributed by atoms with van der Waals surface area (Å²) in [6.07, 6.45) is 0. The maximum atomic E-state index is 2.49. The molecular weight excluding hydrogens is 879 g/mol. The number of rotatable bonds is 9. The van der Waals surface area contributed by atoms with E-state index in [0.29, 0.717) is 0 Å². The van der Waals surface area contributed by atoms with Gasteiger partial charge in [-0.1, -0.05) is 255 Å². The first-order valence-electron chi connectivity index (χ1n) is 25.4. The van der Waals surface area contributed by atoms with Crippen LogP contribution >= 0.6 is 0 Å². The van der Waals surface area contributed by atoms with Crippen LogP contribution < -0.4 is 4.90 Å². The fourth-order valence-corrected chi connectivity index (χ4v) is 12.7. The van der Waals surface area contributed by atoms with Gasteiger partial charge in [-0.2, -0.15) is 0 Å². The van der Waals surface area contributed by atoms with Gasteiger partial charge in [0.15, 0.2) is 0 Å². The number of fused-ring (bicyclic) bond motifs is 7. The molecule has 2 aliphatic carbocycles. The third-order valence-electron chi connectivity index (χ3n) is 15.8. The SMILES string of the molecule is c1ccc(C2(c3ccccc3)c3ccccc3-c3ccc(-c4ccc(N(c5cccc(-c6ccc7ccccc7c6)c5)c5cccc6c5-c5ccccc5C6(c5ccccc5)c5ccccc5)cc4)cc32)cc1. The van der Waals surface area contributed by atoms with E-state index in [1.807, 2.05) is 0 Å². The van der Waals surface area contributed by atoms with Gasteiger partial charge in [-0.05, 0) is 137 Å². The van der Waals surface area contributed by atoms with Gasteiger partial charge in [-0.25, -0.2) is 0 Å². The number of nitrogens with zero attached hydrogens (tertiary/aromatic N) is 1. The van der Waals surface area contributed by atoms with Crippen molar-refractivity contribution in [3.8, 4) is 44.5 Å². The molecule has 2 aliphatic rings. The van der Waals surface area contributed by atoms with Crippen LogP contribution in [-0.2, 0) is 10.8 Å². The Labute approximate surface area is 427 Å². The van der Waals surface area contributed by atoms with Crippen LogP contribution in [0.1, 0.15) is 44.5 Å². The highest BCUT2D eigenvalue weighted by Crippen LogP contribution is 2.60. The summed E-state index contributed by atoms with van der Waals surface area (Å²) < 4.78 is 0. The molecule has 342 valence electrons. The molecule has 0 heterocycles. The standard InChI is InChI=1S/C72H49N/c1-5-24-56(25-6-1)71(57-26-7-2-8-27-57)66-36-18-16-34-64(66)70-67(71)37-20-38-69(70)73(61-32-19-23-53(48-61)54-40-39-50-21-13-14-22-52(50)47-54)60-44-41-51(42-45-60)55-43-46-63-62-33-15-17-35-65(62)72(68(63)49-55,58-28-9-3-10-29-58)59-30-11-4-12-31-59/h1-49H. The highest BCUT2D eigenvalue weighted by molar-refractivity contribution is 5.98. The number of benzene rings is 12. The predicted octanol–water partition coefficient (Wildman–Crippen LogP) is 18.4. The van der Waals surface area contributed by atoms with E-state index in [1.165, 1.54) is 99.8 Å². The Bertz CT molecular complexity index is 3930. The first-order valence-corrected chi connectivity index (χ1v) is 25.4. The molecule has 12 aromatic carbocycles. The molecule has 12 aromatic rings. The molecule has 1 nitrogen and oxygen atoms in total. The van der Waals surface area contributed by atoms with Gasteiger partial charge in [0.2, 0.25) is 0 Å². The topological polar surface area (TPSA) is 3.24 Å². The van der Waals surface area contributed by atoms with Crippen molar-refractivity contribution in [1.29, 1.82) is 0 Å². The lowest BCUT2D eigenvalue weighted by atomic mass is 9.67. The summed E-state index contributed by atoms with van der Waals surface area (Å²) in [5.74, 6) is 0. The van der Waals surface area contributed by atoms with E-state index >= 15 is 0 Å². The normalized spacial score (nSPS) is 13.4. The average molecular weight is 928 g/mol. The first kappa shape index (κ1) is 42.6. The highest BCUT2D eigenvalue weighted by Gasteiger charge is 2.48. The molecule has 0 aromatic heterocycles. The Kier molecular flexibility index (Phi) is 10.0. The molecule has 0 N–H and O–H groups in total. The minimum atomic E-state index is -0.533. The third kappa shape index (κ3) is 6.56. The molecule has 14 rings (SSSR count). The fraction of sp³-hybridized carbons (Fsp3) is 0.0278. The van der Waals surface area contributed by atoms with Crippen molar-refractivity contribution < 1.29 is 0 Å². The van der Waals surface area contributed by atoms with Crippen molar-refractivity contribution in [3.05, 3.63) is 342 Å². The minimum absolute atomic E-state index is 0.476. The molecule has 0 aliphatic heterocycles. The van der Waals surface area contributed by atoms with Crippen LogP contribution in [0.2, 0.25) is 0 Å². The van der Waals surface area contributed by atoms with Crippen molar-refractivity contribution in [3.63, 3.8) is 0 Å². The largest absolute Gasteiger partial charge is 0.310 e. The smallest absolute Gasteiger partial charge is 0.0714 e. The maximum absolute atomic E-state index is 2.49. The van der Waals surface area contributed by atoms with Crippen LogP contribution in [0, 0.1) is 0 Å². The zero-order valence-corrected chi connectivity index (χ0v) is 40.2. The zero-order chi connectivity index (χ0) is 48.3. The highest BCUT2D eigenvalue weighted by atomic mass is 15.1. The van der Waals surface area contributed by atoms with E-state index in [0.717, 1.165) is 17.1 Å². The maximum Gasteiger partial charge on any atom is 0.0714 e. The monoisotopic (exact) mass is 927 g/mol. The molecular formula is C72H49N. The van der Waals surface area contributed by atoms with Crippen molar-refractivity contribution >= 4 is 27.8 Å². The average Bonchev–Trinajstić information content (AvgIpc) is 3.95. The van der Waals surface area contributed by atoms with Gasteiger partial charge in [0.05, 0.1) is 16.5 Å². The Morgan fingerprint density at radius 1 is 0.233 bits per heavy atom. The summed E-state index contributed by atoms with van der Waals surface area (Å²) in [6, 6.07) is 110. The van der Waals surface area contributed by atoms with E-state index < -0.39 is 10.8 Å². The number of hydrogen-bond acceptors (Lipinski definition) is 1. The Morgan fingerprint density at radius 3 is 1.33 bits per heavy atom. The summed E-state index contributed by atoms with van der Waals surface area (Å²) in [7, 11) is 0. The van der Waals surface area contributed by atoms with Gasteiger partial charge in [0.25, 0.3) is 0 Å². The molecule has 0 amide bonds. The predicted molar refractivity (Wildman–Crippen MR) is 304 cm³/mol. The van der Waals surface area contributed by atoms with E-state index in [2.05, 4.69) is 302 Å². The quantitative estimate of drug-likeness (QED) is 0.139. The van der Waals surface area contributed by atoms with Crippen LogP contribution in [0.4, 0.5) is 17.1 Å². The van der Waals surface area contributed by atoms with Gasteiger partial charge < -0.3 is 4.90 Å². The lowest BCUT2D eigenvalue weighted by Crippen LogP contribution is -2.28. The summed E-state index contributed by atoms with van der Waals surface area (Å²) in [6.45, 7) is 0. The van der Waals surface area contributed by atoms with Crippen LogP contribution in [0.15, 0.2) is 297 Å². The molecule has 0 saturated heterocycles. The van der Waals surface area contributed by atoms with Crippen molar-refractivity contribution in [2.24, 2.45) is 0 Å². The number of anilines is 3.